The van der Waals surface area contributed by atoms with Gasteiger partial charge < -0.3 is 5.11 Å². The van der Waals surface area contributed by atoms with Crippen molar-refractivity contribution in [2.24, 2.45) is 0 Å². The molecule has 9 nitrogen and oxygen atoms in total. The number of aromatic hydroxyl groups is 1. The minimum absolute atomic E-state index is 0.0615. The Morgan fingerprint density at radius 2 is 1.55 bits per heavy atom. The standard InChI is InChI=1S/C22H25N5O4/c1-4-11-24-17-16(20(30)25(12-5-2)22(24)31)27-19(29)14(3)18(28)26(21(27)23-17)13-15-9-7-6-8-10-15/h6-10,28H,4-5,11-13H2,1-3H3. The van der Waals surface area contributed by atoms with Gasteiger partial charge in [-0.15, -0.1) is 0 Å². The smallest absolute Gasteiger partial charge is 0.332 e. The van der Waals surface area contributed by atoms with Crippen LogP contribution >= 0.6 is 0 Å². The van der Waals surface area contributed by atoms with Crippen LogP contribution in [0, 0.1) is 6.92 Å². The molecule has 0 aliphatic heterocycles. The van der Waals surface area contributed by atoms with Crippen molar-refractivity contribution in [3.8, 4) is 5.88 Å². The van der Waals surface area contributed by atoms with Gasteiger partial charge in [0.1, 0.15) is 0 Å². The zero-order valence-corrected chi connectivity index (χ0v) is 17.8. The Hall–Kier alpha value is -3.62. The lowest BCUT2D eigenvalue weighted by Crippen LogP contribution is -2.41. The number of aromatic nitrogens is 5. The number of hydrogen-bond donors (Lipinski definition) is 1. The molecule has 0 aliphatic rings. The molecule has 31 heavy (non-hydrogen) atoms. The van der Waals surface area contributed by atoms with Crippen LogP contribution in [0.25, 0.3) is 16.9 Å². The molecule has 4 aromatic rings. The predicted molar refractivity (Wildman–Crippen MR) is 118 cm³/mol. The van der Waals surface area contributed by atoms with Gasteiger partial charge in [-0.05, 0) is 25.3 Å². The Bertz CT molecular complexity index is 1460. The second kappa shape index (κ2) is 7.90. The highest BCUT2D eigenvalue weighted by Gasteiger charge is 2.24. The molecule has 1 N–H and O–H groups in total. The van der Waals surface area contributed by atoms with Crippen LogP contribution in [0.1, 0.15) is 37.8 Å². The molecule has 0 saturated heterocycles. The average Bonchev–Trinajstić information content (AvgIpc) is 3.17. The summed E-state index contributed by atoms with van der Waals surface area (Å²) < 4.78 is 5.33. The first-order valence-corrected chi connectivity index (χ1v) is 10.4. The molecule has 0 unspecified atom stereocenters. The maximum absolute atomic E-state index is 13.3. The third-order valence-electron chi connectivity index (χ3n) is 5.44. The van der Waals surface area contributed by atoms with Gasteiger partial charge in [-0.2, -0.15) is 4.98 Å². The SMILES string of the molecule is CCCn1c(=O)c2c(nc3n(Cc4ccccc4)c(O)c(C)c(=O)n23)n(CCC)c1=O. The van der Waals surface area contributed by atoms with E-state index in [1.54, 1.807) is 0 Å². The summed E-state index contributed by atoms with van der Waals surface area (Å²) in [6.07, 6.45) is 1.26. The van der Waals surface area contributed by atoms with Gasteiger partial charge in [0, 0.05) is 13.1 Å². The Labute approximate surface area is 177 Å². The van der Waals surface area contributed by atoms with Crippen molar-refractivity contribution in [2.45, 2.75) is 53.2 Å². The topological polar surface area (TPSA) is 104 Å². The molecule has 3 aromatic heterocycles. The van der Waals surface area contributed by atoms with E-state index in [-0.39, 0.29) is 41.5 Å². The number of nitrogens with zero attached hydrogens (tertiary/aromatic N) is 5. The lowest BCUT2D eigenvalue weighted by molar-refractivity contribution is 0.414. The maximum atomic E-state index is 13.3. The fourth-order valence-corrected chi connectivity index (χ4v) is 3.92. The Morgan fingerprint density at radius 1 is 0.903 bits per heavy atom. The molecule has 1 aromatic carbocycles. The monoisotopic (exact) mass is 423 g/mol. The largest absolute Gasteiger partial charge is 0.494 e. The quantitative estimate of drug-likeness (QED) is 0.510. The second-order valence-corrected chi connectivity index (χ2v) is 7.64. The third kappa shape index (κ3) is 3.17. The Morgan fingerprint density at radius 3 is 2.19 bits per heavy atom. The molecule has 9 heteroatoms. The first-order chi connectivity index (χ1) is 14.9. The van der Waals surface area contributed by atoms with Gasteiger partial charge in [-0.25, -0.2) is 9.20 Å². The molecule has 0 radical (unpaired) electrons. The first kappa shape index (κ1) is 20.6. The fraction of sp³-hybridized carbons (Fsp3) is 0.364. The molecule has 0 fully saturated rings. The van der Waals surface area contributed by atoms with E-state index < -0.39 is 16.8 Å². The number of aryl methyl sites for hydroxylation is 1. The van der Waals surface area contributed by atoms with E-state index >= 15 is 0 Å². The summed E-state index contributed by atoms with van der Waals surface area (Å²) in [6.45, 7) is 6.18. The van der Waals surface area contributed by atoms with Gasteiger partial charge in [0.25, 0.3) is 11.1 Å². The van der Waals surface area contributed by atoms with Crippen LogP contribution in [0.2, 0.25) is 0 Å². The van der Waals surface area contributed by atoms with Gasteiger partial charge in [0.2, 0.25) is 11.7 Å². The van der Waals surface area contributed by atoms with E-state index in [1.807, 2.05) is 44.2 Å². The summed E-state index contributed by atoms with van der Waals surface area (Å²) in [4.78, 5) is 43.9. The molecule has 0 aliphatic carbocycles. The summed E-state index contributed by atoms with van der Waals surface area (Å²) >= 11 is 0. The molecule has 0 saturated carbocycles. The first-order valence-electron chi connectivity index (χ1n) is 10.4. The van der Waals surface area contributed by atoms with Gasteiger partial charge >= 0.3 is 5.69 Å². The van der Waals surface area contributed by atoms with Crippen molar-refractivity contribution in [3.63, 3.8) is 0 Å². The van der Waals surface area contributed by atoms with Crippen molar-refractivity contribution in [1.82, 2.24) is 23.1 Å². The summed E-state index contributed by atoms with van der Waals surface area (Å²) in [5.74, 6) is -0.0857. The summed E-state index contributed by atoms with van der Waals surface area (Å²) in [7, 11) is 0. The second-order valence-electron chi connectivity index (χ2n) is 7.64. The maximum Gasteiger partial charge on any atom is 0.332 e. The van der Waals surface area contributed by atoms with Gasteiger partial charge in [0.05, 0.1) is 12.1 Å². The summed E-state index contributed by atoms with van der Waals surface area (Å²) in [5.41, 5.74) is -0.287. The molecule has 162 valence electrons. The van der Waals surface area contributed by atoms with E-state index in [1.165, 1.54) is 20.5 Å². The van der Waals surface area contributed by atoms with Gasteiger partial charge in [-0.3, -0.25) is 23.3 Å². The van der Waals surface area contributed by atoms with Crippen LogP contribution in [0.3, 0.4) is 0 Å². The van der Waals surface area contributed by atoms with Crippen LogP contribution in [0.15, 0.2) is 44.7 Å². The minimum atomic E-state index is -0.546. The average molecular weight is 423 g/mol. The minimum Gasteiger partial charge on any atom is -0.494 e. The lowest BCUT2D eigenvalue weighted by atomic mass is 10.2. The molecule has 3 heterocycles. The molecule has 0 amide bonds. The van der Waals surface area contributed by atoms with E-state index in [4.69, 9.17) is 0 Å². The van der Waals surface area contributed by atoms with Crippen molar-refractivity contribution >= 4 is 16.9 Å². The van der Waals surface area contributed by atoms with Crippen LogP contribution in [-0.2, 0) is 19.6 Å². The zero-order chi connectivity index (χ0) is 22.3. The summed E-state index contributed by atoms with van der Waals surface area (Å²) in [5, 5.41) is 10.8. The highest BCUT2D eigenvalue weighted by molar-refractivity contribution is 5.75. The van der Waals surface area contributed by atoms with Crippen LogP contribution < -0.4 is 16.8 Å². The molecule has 4 rings (SSSR count). The summed E-state index contributed by atoms with van der Waals surface area (Å²) in [6, 6.07) is 9.44. The van der Waals surface area contributed by atoms with Crippen molar-refractivity contribution < 1.29 is 5.11 Å². The van der Waals surface area contributed by atoms with E-state index in [0.29, 0.717) is 19.4 Å². The predicted octanol–water partition coefficient (Wildman–Crippen LogP) is 1.85. The fourth-order valence-electron chi connectivity index (χ4n) is 3.92. The lowest BCUT2D eigenvalue weighted by Gasteiger charge is -2.13. The van der Waals surface area contributed by atoms with Crippen LogP contribution in [0.5, 0.6) is 5.88 Å². The number of fused-ring (bicyclic) bond motifs is 3. The number of rotatable bonds is 6. The molecule has 0 spiro atoms. The van der Waals surface area contributed by atoms with Crippen LogP contribution in [-0.4, -0.2) is 28.2 Å². The normalized spacial score (nSPS) is 11.6. The van der Waals surface area contributed by atoms with Gasteiger partial charge in [0.15, 0.2) is 11.2 Å². The number of benzene rings is 1. The van der Waals surface area contributed by atoms with Gasteiger partial charge in [-0.1, -0.05) is 44.2 Å². The third-order valence-corrected chi connectivity index (χ3v) is 5.44. The van der Waals surface area contributed by atoms with Crippen molar-refractivity contribution in [3.05, 3.63) is 72.7 Å². The highest BCUT2D eigenvalue weighted by atomic mass is 16.3. The molecular formula is C22H25N5O4. The molecule has 0 atom stereocenters. The molecule has 0 bridgehead atoms. The number of imidazole rings is 1. The van der Waals surface area contributed by atoms with Crippen molar-refractivity contribution in [1.29, 1.82) is 0 Å². The molecular weight excluding hydrogens is 398 g/mol. The zero-order valence-electron chi connectivity index (χ0n) is 17.8. The van der Waals surface area contributed by atoms with E-state index in [2.05, 4.69) is 4.98 Å². The number of hydrogen-bond acceptors (Lipinski definition) is 5. The van der Waals surface area contributed by atoms with Crippen molar-refractivity contribution in [2.75, 3.05) is 0 Å². The highest BCUT2D eigenvalue weighted by Crippen LogP contribution is 2.21. The Kier molecular flexibility index (Phi) is 5.26. The van der Waals surface area contributed by atoms with E-state index in [0.717, 1.165) is 10.1 Å². The van der Waals surface area contributed by atoms with Crippen LogP contribution in [0.4, 0.5) is 0 Å². The Balaban J connectivity index is 2.19. The van der Waals surface area contributed by atoms with E-state index in [9.17, 15) is 19.5 Å².